The van der Waals surface area contributed by atoms with Crippen molar-refractivity contribution in [1.82, 2.24) is 15.5 Å². The summed E-state index contributed by atoms with van der Waals surface area (Å²) in [4.78, 5) is 27.4. The van der Waals surface area contributed by atoms with Crippen molar-refractivity contribution in [3.8, 4) is 0 Å². The fourth-order valence-electron chi connectivity index (χ4n) is 13.7. The first-order valence-corrected chi connectivity index (χ1v) is 21.3. The summed E-state index contributed by atoms with van der Waals surface area (Å²) in [6.45, 7) is 15.6. The van der Waals surface area contributed by atoms with E-state index in [4.69, 9.17) is 0 Å². The van der Waals surface area contributed by atoms with E-state index >= 15 is 0 Å². The van der Waals surface area contributed by atoms with Crippen molar-refractivity contribution in [2.24, 2.45) is 51.2 Å². The Balaban J connectivity index is 1.16. The largest absolute Gasteiger partial charge is 0.478 e. The lowest BCUT2D eigenvalue weighted by molar-refractivity contribution is -0.220. The van der Waals surface area contributed by atoms with Crippen molar-refractivity contribution >= 4 is 27.3 Å². The van der Waals surface area contributed by atoms with E-state index in [1.807, 2.05) is 12.1 Å². The molecule has 1 amide bonds. The van der Waals surface area contributed by atoms with Crippen LogP contribution in [0.1, 0.15) is 108 Å². The van der Waals surface area contributed by atoms with E-state index in [-0.39, 0.29) is 50.5 Å². The SMILES string of the molecule is CNC(=O)C1CCC2(NCCN3CCS(=O)(=O)CC3)CCC3(C)C(CCC4C5(C)CC=C(c6ccc(C(=O)O)cc6)C(C)(C)C5CCC43C)C12. The van der Waals surface area contributed by atoms with Gasteiger partial charge in [-0.1, -0.05) is 52.8 Å². The van der Waals surface area contributed by atoms with Crippen LogP contribution >= 0.6 is 0 Å². The van der Waals surface area contributed by atoms with Crippen LogP contribution in [-0.2, 0) is 14.6 Å². The molecule has 1 aromatic carbocycles. The number of sulfone groups is 1. The number of carboxylic acids is 1. The van der Waals surface area contributed by atoms with E-state index in [0.717, 1.165) is 50.8 Å². The summed E-state index contributed by atoms with van der Waals surface area (Å²) < 4.78 is 24.0. The van der Waals surface area contributed by atoms with Gasteiger partial charge in [0.15, 0.2) is 9.84 Å². The van der Waals surface area contributed by atoms with E-state index in [1.54, 1.807) is 19.2 Å². The molecule has 50 heavy (non-hydrogen) atoms. The van der Waals surface area contributed by atoms with Gasteiger partial charge in [0.25, 0.3) is 0 Å². The molecule has 5 aliphatic carbocycles. The van der Waals surface area contributed by atoms with Crippen LogP contribution in [0.15, 0.2) is 30.3 Å². The van der Waals surface area contributed by atoms with E-state index in [2.05, 4.69) is 56.2 Å². The Morgan fingerprint density at radius 3 is 2.24 bits per heavy atom. The molecule has 1 saturated heterocycles. The summed E-state index contributed by atoms with van der Waals surface area (Å²) in [6, 6.07) is 7.50. The number of carbonyl (C=O) groups is 2. The van der Waals surface area contributed by atoms with E-state index in [0.29, 0.717) is 42.3 Å². The minimum absolute atomic E-state index is 0.0240. The molecule has 6 aliphatic rings. The van der Waals surface area contributed by atoms with Crippen molar-refractivity contribution in [2.75, 3.05) is 44.7 Å². The predicted octanol–water partition coefficient (Wildman–Crippen LogP) is 6.28. The fourth-order valence-corrected chi connectivity index (χ4v) is 15.0. The highest BCUT2D eigenvalue weighted by Crippen LogP contribution is 2.76. The third-order valence-corrected chi connectivity index (χ3v) is 18.0. The first kappa shape index (κ1) is 36.1. The van der Waals surface area contributed by atoms with Crippen molar-refractivity contribution in [3.05, 3.63) is 41.5 Å². The molecule has 1 aliphatic heterocycles. The molecule has 0 aromatic heterocycles. The smallest absolute Gasteiger partial charge is 0.335 e. The second-order valence-electron chi connectivity index (χ2n) is 18.5. The molecule has 5 fully saturated rings. The molecule has 9 heteroatoms. The van der Waals surface area contributed by atoms with E-state index < -0.39 is 15.8 Å². The number of nitrogens with zero attached hydrogens (tertiary/aromatic N) is 1. The quantitative estimate of drug-likeness (QED) is 0.306. The molecule has 0 spiro atoms. The molecule has 0 radical (unpaired) electrons. The lowest BCUT2D eigenvalue weighted by Crippen LogP contribution is -2.68. The molecule has 3 N–H and O–H groups in total. The molecular formula is C41H61N3O5S. The zero-order chi connectivity index (χ0) is 35.9. The summed E-state index contributed by atoms with van der Waals surface area (Å²) in [5, 5.41) is 16.6. The van der Waals surface area contributed by atoms with E-state index in [1.165, 1.54) is 31.3 Å². The van der Waals surface area contributed by atoms with Crippen molar-refractivity contribution in [1.29, 1.82) is 0 Å². The molecule has 1 heterocycles. The van der Waals surface area contributed by atoms with Crippen LogP contribution < -0.4 is 10.6 Å². The van der Waals surface area contributed by atoms with Crippen molar-refractivity contribution in [3.63, 3.8) is 0 Å². The van der Waals surface area contributed by atoms with Crippen LogP contribution in [0.5, 0.6) is 0 Å². The van der Waals surface area contributed by atoms with Gasteiger partial charge >= 0.3 is 5.97 Å². The second-order valence-corrected chi connectivity index (χ2v) is 20.8. The maximum atomic E-state index is 13.6. The summed E-state index contributed by atoms with van der Waals surface area (Å²) in [5.74, 6) is 1.76. The Bertz CT molecular complexity index is 1640. The molecule has 4 saturated carbocycles. The molecule has 8 nitrogen and oxygen atoms in total. The molecule has 1 aromatic rings. The zero-order valence-electron chi connectivity index (χ0n) is 31.3. The number of carboxylic acid groups (broad SMARTS) is 1. The Kier molecular flexibility index (Phi) is 8.99. The average Bonchev–Trinajstić information content (AvgIpc) is 3.45. The lowest BCUT2D eigenvalue weighted by Gasteiger charge is -2.72. The Morgan fingerprint density at radius 2 is 1.58 bits per heavy atom. The van der Waals surface area contributed by atoms with E-state index in [9.17, 15) is 23.1 Å². The Morgan fingerprint density at radius 1 is 0.880 bits per heavy atom. The second kappa shape index (κ2) is 12.4. The molecular weight excluding hydrogens is 647 g/mol. The number of carbonyl (C=O) groups excluding carboxylic acids is 1. The highest BCUT2D eigenvalue weighted by molar-refractivity contribution is 7.91. The van der Waals surface area contributed by atoms with Gasteiger partial charge in [0.05, 0.1) is 17.1 Å². The topological polar surface area (TPSA) is 116 Å². The minimum Gasteiger partial charge on any atom is -0.478 e. The predicted molar refractivity (Wildman–Crippen MR) is 198 cm³/mol. The molecule has 0 bridgehead atoms. The monoisotopic (exact) mass is 707 g/mol. The Labute approximate surface area is 300 Å². The first-order chi connectivity index (χ1) is 23.5. The lowest BCUT2D eigenvalue weighted by atomic mass is 9.33. The number of nitrogens with one attached hydrogen (secondary N) is 2. The molecule has 9 unspecified atom stereocenters. The highest BCUT2D eigenvalue weighted by Gasteiger charge is 2.70. The molecule has 9 atom stereocenters. The maximum Gasteiger partial charge on any atom is 0.335 e. The van der Waals surface area contributed by atoms with Gasteiger partial charge in [0, 0.05) is 44.7 Å². The van der Waals surface area contributed by atoms with Gasteiger partial charge in [0.2, 0.25) is 5.91 Å². The van der Waals surface area contributed by atoms with Crippen LogP contribution in [-0.4, -0.2) is 80.6 Å². The average molecular weight is 708 g/mol. The third-order valence-electron chi connectivity index (χ3n) is 16.4. The number of rotatable bonds is 7. The maximum absolute atomic E-state index is 13.6. The first-order valence-electron chi connectivity index (χ1n) is 19.5. The summed E-state index contributed by atoms with van der Waals surface area (Å²) in [5.41, 5.74) is 3.24. The number of hydrogen-bond donors (Lipinski definition) is 3. The van der Waals surface area contributed by atoms with Gasteiger partial charge in [-0.2, -0.15) is 0 Å². The summed E-state index contributed by atoms with van der Waals surface area (Å²) >= 11 is 0. The van der Waals surface area contributed by atoms with Crippen LogP contribution in [0.3, 0.4) is 0 Å². The number of fused-ring (bicyclic) bond motifs is 7. The van der Waals surface area contributed by atoms with Gasteiger partial charge in [-0.3, -0.25) is 4.79 Å². The molecule has 7 rings (SSSR count). The minimum atomic E-state index is -2.90. The van der Waals surface area contributed by atoms with Gasteiger partial charge in [-0.25, -0.2) is 13.2 Å². The third kappa shape index (κ3) is 5.45. The van der Waals surface area contributed by atoms with Gasteiger partial charge in [-0.15, -0.1) is 0 Å². The molecule has 276 valence electrons. The normalized spacial score (nSPS) is 41.9. The van der Waals surface area contributed by atoms with Gasteiger partial charge in [0.1, 0.15) is 0 Å². The van der Waals surface area contributed by atoms with Crippen LogP contribution in [0, 0.1) is 51.2 Å². The standard InChI is InChI=1S/C41H61N3O5S/c1-37(2)30(27-7-9-28(10-8-27)36(46)47)14-16-38(3)32(37)15-17-40(5)33(38)12-11-31-34-29(35(45)42-6)13-18-41(34,20-19-39(31,40)4)43-21-22-44-23-25-50(48,49)26-24-44/h7-10,14,29,31-34,43H,11-13,15-26H2,1-6H3,(H,42,45)(H,46,47). The van der Waals surface area contributed by atoms with Crippen molar-refractivity contribution < 1.29 is 23.1 Å². The number of amides is 1. The highest BCUT2D eigenvalue weighted by atomic mass is 32.2. The number of hydrogen-bond acceptors (Lipinski definition) is 6. The number of benzene rings is 1. The van der Waals surface area contributed by atoms with Crippen LogP contribution in [0.2, 0.25) is 0 Å². The van der Waals surface area contributed by atoms with Crippen LogP contribution in [0.4, 0.5) is 0 Å². The van der Waals surface area contributed by atoms with Gasteiger partial charge < -0.3 is 20.6 Å². The van der Waals surface area contributed by atoms with Gasteiger partial charge in [-0.05, 0) is 126 Å². The number of allylic oxidation sites excluding steroid dienone is 2. The van der Waals surface area contributed by atoms with Crippen LogP contribution in [0.25, 0.3) is 5.57 Å². The number of aromatic carboxylic acids is 1. The van der Waals surface area contributed by atoms with Crippen molar-refractivity contribution in [2.45, 2.75) is 97.9 Å². The zero-order valence-corrected chi connectivity index (χ0v) is 32.1. The summed E-state index contributed by atoms with van der Waals surface area (Å²) in [6.07, 6.45) is 12.5. The summed E-state index contributed by atoms with van der Waals surface area (Å²) in [7, 11) is -1.10. The fraction of sp³-hybridized carbons (Fsp3) is 0.756. The Hall–Kier alpha value is -2.23.